The van der Waals surface area contributed by atoms with E-state index in [0.29, 0.717) is 10.8 Å². The summed E-state index contributed by atoms with van der Waals surface area (Å²) in [4.78, 5) is 11.2. The van der Waals surface area contributed by atoms with Crippen LogP contribution in [0.5, 0.6) is 0 Å². The summed E-state index contributed by atoms with van der Waals surface area (Å²) in [7, 11) is 0. The molecule has 0 saturated carbocycles. The normalized spacial score (nSPS) is 12.4. The van der Waals surface area contributed by atoms with Crippen molar-refractivity contribution in [1.82, 2.24) is 0 Å². The van der Waals surface area contributed by atoms with E-state index in [1.807, 2.05) is 0 Å². The summed E-state index contributed by atoms with van der Waals surface area (Å²) in [6.45, 7) is 3.89. The van der Waals surface area contributed by atoms with E-state index in [0.717, 1.165) is 11.3 Å². The first kappa shape index (κ1) is 13.0. The van der Waals surface area contributed by atoms with Gasteiger partial charge in [0.15, 0.2) is 0 Å². The summed E-state index contributed by atoms with van der Waals surface area (Å²) >= 11 is 1.66. The quantitative estimate of drug-likeness (QED) is 0.489. The fraction of sp³-hybridized carbons (Fsp3) is 0.455. The Morgan fingerprint density at radius 1 is 1.56 bits per heavy atom. The molecule has 0 bridgehead atoms. The van der Waals surface area contributed by atoms with Crippen molar-refractivity contribution < 1.29 is 10.0 Å². The highest BCUT2D eigenvalue weighted by molar-refractivity contribution is 7.99. The van der Waals surface area contributed by atoms with Gasteiger partial charge in [0.2, 0.25) is 0 Å². The number of rotatable bonds is 5. The molecule has 1 N–H and O–H groups in total. The smallest absolute Gasteiger partial charge is 0.274 e. The van der Waals surface area contributed by atoms with Crippen LogP contribution >= 0.6 is 11.8 Å². The van der Waals surface area contributed by atoms with Crippen molar-refractivity contribution in [1.29, 1.82) is 0 Å². The van der Waals surface area contributed by atoms with E-state index in [1.54, 1.807) is 23.9 Å². The number of nitro groups is 1. The van der Waals surface area contributed by atoms with Crippen molar-refractivity contribution in [3.8, 4) is 0 Å². The molecule has 1 unspecified atom stereocenters. The zero-order chi connectivity index (χ0) is 12.1. The molecule has 0 aliphatic heterocycles. The molecule has 4 nitrogen and oxygen atoms in total. The van der Waals surface area contributed by atoms with Gasteiger partial charge in [0.1, 0.15) is 0 Å². The molecule has 0 radical (unpaired) electrons. The third-order valence-corrected chi connectivity index (χ3v) is 3.59. The van der Waals surface area contributed by atoms with E-state index < -0.39 is 4.92 Å². The van der Waals surface area contributed by atoms with Crippen LogP contribution in [0.4, 0.5) is 5.69 Å². The number of nitrogens with zero attached hydrogens (tertiary/aromatic N) is 1. The molecule has 0 heterocycles. The van der Waals surface area contributed by atoms with Crippen molar-refractivity contribution in [3.63, 3.8) is 0 Å². The second kappa shape index (κ2) is 5.86. The number of hydrogen-bond acceptors (Lipinski definition) is 4. The molecule has 1 atom stereocenters. The van der Waals surface area contributed by atoms with Crippen LogP contribution in [0.25, 0.3) is 0 Å². The van der Waals surface area contributed by atoms with Gasteiger partial charge in [0.25, 0.3) is 5.69 Å². The number of aliphatic hydroxyl groups is 1. The summed E-state index contributed by atoms with van der Waals surface area (Å²) in [5.74, 6) is 0. The van der Waals surface area contributed by atoms with Crippen LogP contribution in [-0.2, 0) is 6.61 Å². The molecule has 0 aromatic heterocycles. The molecule has 0 spiro atoms. The minimum Gasteiger partial charge on any atom is -0.391 e. The lowest BCUT2D eigenvalue weighted by Gasteiger charge is -2.09. The van der Waals surface area contributed by atoms with Crippen LogP contribution in [0.15, 0.2) is 23.1 Å². The second-order valence-corrected chi connectivity index (χ2v) is 5.05. The maximum Gasteiger partial charge on any atom is 0.274 e. The van der Waals surface area contributed by atoms with Gasteiger partial charge in [-0.15, -0.1) is 11.8 Å². The molecule has 16 heavy (non-hydrogen) atoms. The molecular formula is C11H15NO3S. The molecule has 0 fully saturated rings. The minimum absolute atomic E-state index is 0.0176. The van der Waals surface area contributed by atoms with Gasteiger partial charge in [-0.2, -0.15) is 0 Å². The van der Waals surface area contributed by atoms with Gasteiger partial charge < -0.3 is 5.11 Å². The number of aliphatic hydroxyl groups excluding tert-OH is 1. The first-order valence-corrected chi connectivity index (χ1v) is 6.01. The number of thioether (sulfide) groups is 1. The highest BCUT2D eigenvalue weighted by Gasteiger charge is 2.14. The average molecular weight is 241 g/mol. The fourth-order valence-corrected chi connectivity index (χ4v) is 2.24. The van der Waals surface area contributed by atoms with Gasteiger partial charge in [0.05, 0.1) is 17.1 Å². The van der Waals surface area contributed by atoms with Crippen LogP contribution in [0.1, 0.15) is 25.8 Å². The predicted molar refractivity (Wildman–Crippen MR) is 64.6 cm³/mol. The minimum atomic E-state index is -0.469. The molecule has 1 aromatic carbocycles. The fourth-order valence-electron chi connectivity index (χ4n) is 1.26. The third kappa shape index (κ3) is 3.21. The largest absolute Gasteiger partial charge is 0.391 e. The standard InChI is InChI=1S/C11H15NO3S/c1-3-8(2)16-10-4-5-11(12(14)15)9(6-10)7-13/h4-6,8,13H,3,7H2,1-2H3. The lowest BCUT2D eigenvalue weighted by Crippen LogP contribution is -1.97. The molecule has 88 valence electrons. The Morgan fingerprint density at radius 2 is 2.25 bits per heavy atom. The summed E-state index contributed by atoms with van der Waals surface area (Å²) in [5, 5.41) is 20.2. The Labute approximate surface area is 98.8 Å². The van der Waals surface area contributed by atoms with Crippen LogP contribution in [0, 0.1) is 10.1 Å². The van der Waals surface area contributed by atoms with Crippen molar-refractivity contribution >= 4 is 17.4 Å². The zero-order valence-corrected chi connectivity index (χ0v) is 10.2. The Bertz CT molecular complexity index is 381. The molecule has 1 rings (SSSR count). The van der Waals surface area contributed by atoms with Gasteiger partial charge in [-0.3, -0.25) is 10.1 Å². The third-order valence-electron chi connectivity index (χ3n) is 2.33. The lowest BCUT2D eigenvalue weighted by molar-refractivity contribution is -0.385. The maximum atomic E-state index is 10.7. The van der Waals surface area contributed by atoms with Crippen LogP contribution < -0.4 is 0 Å². The molecule has 0 saturated heterocycles. The van der Waals surface area contributed by atoms with Gasteiger partial charge in [0, 0.05) is 16.2 Å². The van der Waals surface area contributed by atoms with Gasteiger partial charge in [-0.05, 0) is 18.6 Å². The second-order valence-electron chi connectivity index (χ2n) is 3.54. The van der Waals surface area contributed by atoms with E-state index >= 15 is 0 Å². The van der Waals surface area contributed by atoms with Gasteiger partial charge in [-0.1, -0.05) is 13.8 Å². The number of nitro benzene ring substituents is 1. The maximum absolute atomic E-state index is 10.7. The van der Waals surface area contributed by atoms with E-state index in [-0.39, 0.29) is 12.3 Å². The summed E-state index contributed by atoms with van der Waals surface area (Å²) in [5.41, 5.74) is 0.356. The van der Waals surface area contributed by atoms with Crippen LogP contribution in [-0.4, -0.2) is 15.3 Å². The zero-order valence-electron chi connectivity index (χ0n) is 9.34. The van der Waals surface area contributed by atoms with E-state index in [4.69, 9.17) is 5.11 Å². The summed E-state index contributed by atoms with van der Waals surface area (Å²) in [6, 6.07) is 4.87. The van der Waals surface area contributed by atoms with Gasteiger partial charge in [-0.25, -0.2) is 0 Å². The lowest BCUT2D eigenvalue weighted by atomic mass is 10.2. The van der Waals surface area contributed by atoms with Crippen molar-refractivity contribution in [2.45, 2.75) is 37.0 Å². The van der Waals surface area contributed by atoms with Crippen LogP contribution in [0.3, 0.4) is 0 Å². The summed E-state index contributed by atoms with van der Waals surface area (Å²) in [6.07, 6.45) is 1.04. The Balaban J connectivity index is 2.95. The number of hydrogen-bond donors (Lipinski definition) is 1. The van der Waals surface area contributed by atoms with E-state index in [9.17, 15) is 10.1 Å². The van der Waals surface area contributed by atoms with Gasteiger partial charge >= 0.3 is 0 Å². The SMILES string of the molecule is CCC(C)Sc1ccc([N+](=O)[O-])c(CO)c1. The molecule has 5 heteroatoms. The van der Waals surface area contributed by atoms with E-state index in [1.165, 1.54) is 6.07 Å². The van der Waals surface area contributed by atoms with Crippen molar-refractivity contribution in [2.24, 2.45) is 0 Å². The Hall–Kier alpha value is -1.07. The molecule has 0 aliphatic carbocycles. The number of benzene rings is 1. The Morgan fingerprint density at radius 3 is 2.75 bits per heavy atom. The average Bonchev–Trinajstić information content (AvgIpc) is 2.28. The molecule has 0 amide bonds. The first-order chi connectivity index (χ1) is 7.58. The van der Waals surface area contributed by atoms with E-state index in [2.05, 4.69) is 13.8 Å². The summed E-state index contributed by atoms with van der Waals surface area (Å²) < 4.78 is 0. The predicted octanol–water partition coefficient (Wildman–Crippen LogP) is 2.98. The molecule has 0 aliphatic rings. The Kier molecular flexibility index (Phi) is 4.76. The molecule has 1 aromatic rings. The molecular weight excluding hydrogens is 226 g/mol. The van der Waals surface area contributed by atoms with Crippen molar-refractivity contribution in [2.75, 3.05) is 0 Å². The van der Waals surface area contributed by atoms with Crippen molar-refractivity contribution in [3.05, 3.63) is 33.9 Å². The first-order valence-electron chi connectivity index (χ1n) is 5.13. The highest BCUT2D eigenvalue weighted by atomic mass is 32.2. The highest BCUT2D eigenvalue weighted by Crippen LogP contribution is 2.29. The van der Waals surface area contributed by atoms with Crippen LogP contribution in [0.2, 0.25) is 0 Å². The monoisotopic (exact) mass is 241 g/mol. The topological polar surface area (TPSA) is 63.4 Å².